The van der Waals surface area contributed by atoms with Crippen LogP contribution in [0.4, 0.5) is 0 Å². The Bertz CT molecular complexity index is 466. The average molecular weight is 286 g/mol. The molecule has 0 amide bonds. The molecule has 1 aliphatic carbocycles. The van der Waals surface area contributed by atoms with Crippen LogP contribution in [0.3, 0.4) is 0 Å². The van der Waals surface area contributed by atoms with E-state index in [-0.39, 0.29) is 0 Å². The predicted octanol–water partition coefficient (Wildman–Crippen LogP) is 3.59. The number of rotatable bonds is 5. The van der Waals surface area contributed by atoms with Gasteiger partial charge in [0.15, 0.2) is 0 Å². The first-order valence-corrected chi connectivity index (χ1v) is 8.70. The van der Waals surface area contributed by atoms with Crippen molar-refractivity contribution in [1.82, 2.24) is 10.2 Å². The van der Waals surface area contributed by atoms with Crippen LogP contribution in [-0.4, -0.2) is 30.1 Å². The highest BCUT2D eigenvalue weighted by atomic mass is 15.2. The largest absolute Gasteiger partial charge is 0.311 e. The van der Waals surface area contributed by atoms with Crippen molar-refractivity contribution in [2.45, 2.75) is 58.7 Å². The van der Waals surface area contributed by atoms with Gasteiger partial charge in [-0.2, -0.15) is 0 Å². The molecule has 3 rings (SSSR count). The molecule has 1 saturated heterocycles. The lowest BCUT2D eigenvalue weighted by molar-refractivity contribution is 0.0787. The fourth-order valence-electron chi connectivity index (χ4n) is 3.73. The molecule has 1 N–H and O–H groups in total. The zero-order chi connectivity index (χ0) is 14.8. The summed E-state index contributed by atoms with van der Waals surface area (Å²) in [7, 11) is 0. The van der Waals surface area contributed by atoms with Gasteiger partial charge in [-0.3, -0.25) is 4.90 Å². The molecule has 21 heavy (non-hydrogen) atoms. The van der Waals surface area contributed by atoms with Gasteiger partial charge in [-0.05, 0) is 37.2 Å². The summed E-state index contributed by atoms with van der Waals surface area (Å²) in [6, 6.07) is 10.4. The molecule has 2 fully saturated rings. The Morgan fingerprint density at radius 2 is 2.14 bits per heavy atom. The highest BCUT2D eigenvalue weighted by Gasteiger charge is 2.38. The third kappa shape index (κ3) is 3.67. The Hall–Kier alpha value is -0.860. The smallest absolute Gasteiger partial charge is 0.0250 e. The van der Waals surface area contributed by atoms with Crippen LogP contribution in [0.1, 0.15) is 44.2 Å². The van der Waals surface area contributed by atoms with Crippen molar-refractivity contribution in [3.05, 3.63) is 35.4 Å². The van der Waals surface area contributed by atoms with Gasteiger partial charge in [-0.15, -0.1) is 0 Å². The van der Waals surface area contributed by atoms with Gasteiger partial charge >= 0.3 is 0 Å². The lowest BCUT2D eigenvalue weighted by Crippen LogP contribution is -2.58. The molecule has 1 aromatic rings. The lowest BCUT2D eigenvalue weighted by atomic mass is 9.93. The fraction of sp³-hybridized carbons (Fsp3) is 0.684. The molecule has 2 heteroatoms. The molecule has 1 saturated carbocycles. The van der Waals surface area contributed by atoms with Gasteiger partial charge in [0.25, 0.3) is 0 Å². The van der Waals surface area contributed by atoms with Crippen LogP contribution in [0, 0.1) is 18.8 Å². The Labute approximate surface area is 129 Å². The van der Waals surface area contributed by atoms with Crippen molar-refractivity contribution >= 4 is 0 Å². The van der Waals surface area contributed by atoms with Crippen molar-refractivity contribution in [2.75, 3.05) is 13.1 Å². The molecule has 0 bridgehead atoms. The molecule has 2 nitrogen and oxygen atoms in total. The van der Waals surface area contributed by atoms with Crippen LogP contribution in [0.2, 0.25) is 0 Å². The third-order valence-electron chi connectivity index (χ3n) is 5.45. The summed E-state index contributed by atoms with van der Waals surface area (Å²) < 4.78 is 0. The Morgan fingerprint density at radius 1 is 1.33 bits per heavy atom. The molecule has 116 valence electrons. The summed E-state index contributed by atoms with van der Waals surface area (Å²) in [5, 5.41) is 3.83. The maximum atomic E-state index is 3.83. The number of hydrogen-bond donors (Lipinski definition) is 1. The Morgan fingerprint density at radius 3 is 2.81 bits per heavy atom. The summed E-state index contributed by atoms with van der Waals surface area (Å²) in [4.78, 5) is 2.75. The van der Waals surface area contributed by atoms with E-state index < -0.39 is 0 Å². The van der Waals surface area contributed by atoms with E-state index in [0.717, 1.165) is 24.4 Å². The van der Waals surface area contributed by atoms with Gasteiger partial charge in [0.05, 0.1) is 0 Å². The van der Waals surface area contributed by atoms with Crippen LogP contribution in [0.5, 0.6) is 0 Å². The van der Waals surface area contributed by atoms with Crippen LogP contribution >= 0.6 is 0 Å². The van der Waals surface area contributed by atoms with Gasteiger partial charge in [0.2, 0.25) is 0 Å². The molecule has 0 radical (unpaired) electrons. The van der Waals surface area contributed by atoms with Gasteiger partial charge in [-0.25, -0.2) is 0 Å². The van der Waals surface area contributed by atoms with Crippen LogP contribution in [0.15, 0.2) is 24.3 Å². The summed E-state index contributed by atoms with van der Waals surface area (Å²) in [6.45, 7) is 10.4. The minimum Gasteiger partial charge on any atom is -0.311 e. The van der Waals surface area contributed by atoms with Gasteiger partial charge in [-0.1, -0.05) is 50.1 Å². The third-order valence-corrected chi connectivity index (χ3v) is 5.45. The maximum absolute atomic E-state index is 3.83. The van der Waals surface area contributed by atoms with Gasteiger partial charge < -0.3 is 5.32 Å². The molecule has 0 aromatic heterocycles. The predicted molar refractivity (Wildman–Crippen MR) is 89.3 cm³/mol. The lowest BCUT2D eigenvalue weighted by Gasteiger charge is -2.43. The van der Waals surface area contributed by atoms with E-state index in [9.17, 15) is 0 Å². The molecular formula is C19H30N2. The first kappa shape index (κ1) is 15.1. The number of benzene rings is 1. The summed E-state index contributed by atoms with van der Waals surface area (Å²) in [5.74, 6) is 1.71. The van der Waals surface area contributed by atoms with E-state index in [1.54, 1.807) is 0 Å². The summed E-state index contributed by atoms with van der Waals surface area (Å²) in [6.07, 6.45) is 4.14. The van der Waals surface area contributed by atoms with Gasteiger partial charge in [0, 0.05) is 31.7 Å². The van der Waals surface area contributed by atoms with E-state index in [1.165, 1.54) is 43.5 Å². The number of nitrogens with zero attached hydrogens (tertiary/aromatic N) is 1. The Balaban J connectivity index is 1.72. The second-order valence-corrected chi connectivity index (χ2v) is 7.22. The molecular weight excluding hydrogens is 256 g/mol. The van der Waals surface area contributed by atoms with E-state index >= 15 is 0 Å². The summed E-state index contributed by atoms with van der Waals surface area (Å²) in [5.41, 5.74) is 2.85. The quantitative estimate of drug-likeness (QED) is 0.890. The van der Waals surface area contributed by atoms with E-state index in [0.29, 0.717) is 6.04 Å². The van der Waals surface area contributed by atoms with Crippen molar-refractivity contribution in [3.8, 4) is 0 Å². The summed E-state index contributed by atoms with van der Waals surface area (Å²) >= 11 is 0. The van der Waals surface area contributed by atoms with Crippen LogP contribution < -0.4 is 5.32 Å². The minimum atomic E-state index is 0.686. The van der Waals surface area contributed by atoms with Crippen molar-refractivity contribution in [2.24, 2.45) is 11.8 Å². The number of aryl methyl sites for hydroxylation is 1. The standard InChI is InChI=1S/C19H30N2/c1-4-15(3)19-11-20-18(17-8-9-17)13-21(19)12-16-7-5-6-14(2)10-16/h5-7,10,15,17-20H,4,8-9,11-13H2,1-3H3. The van der Waals surface area contributed by atoms with Crippen LogP contribution in [0.25, 0.3) is 0 Å². The second-order valence-electron chi connectivity index (χ2n) is 7.22. The Kier molecular flexibility index (Phi) is 4.66. The average Bonchev–Trinajstić information content (AvgIpc) is 3.31. The molecule has 3 atom stereocenters. The van der Waals surface area contributed by atoms with Crippen LogP contribution in [-0.2, 0) is 6.54 Å². The molecule has 1 heterocycles. The first-order chi connectivity index (χ1) is 10.2. The van der Waals surface area contributed by atoms with E-state index in [1.807, 2.05) is 0 Å². The van der Waals surface area contributed by atoms with E-state index in [2.05, 4.69) is 55.3 Å². The highest BCUT2D eigenvalue weighted by Crippen LogP contribution is 2.35. The highest BCUT2D eigenvalue weighted by molar-refractivity contribution is 5.22. The fourth-order valence-corrected chi connectivity index (χ4v) is 3.73. The molecule has 1 aromatic carbocycles. The minimum absolute atomic E-state index is 0.686. The van der Waals surface area contributed by atoms with E-state index in [4.69, 9.17) is 0 Å². The SMILES string of the molecule is CCC(C)C1CNC(C2CC2)CN1Cc1cccc(C)c1. The molecule has 0 spiro atoms. The van der Waals surface area contributed by atoms with Gasteiger partial charge in [0.1, 0.15) is 0 Å². The number of nitrogens with one attached hydrogen (secondary N) is 1. The molecule has 1 aliphatic heterocycles. The normalized spacial score (nSPS) is 28.5. The first-order valence-electron chi connectivity index (χ1n) is 8.70. The number of piperazine rings is 1. The van der Waals surface area contributed by atoms with Crippen molar-refractivity contribution in [1.29, 1.82) is 0 Å². The maximum Gasteiger partial charge on any atom is 0.0250 e. The molecule has 2 aliphatic rings. The van der Waals surface area contributed by atoms with Crippen molar-refractivity contribution < 1.29 is 0 Å². The zero-order valence-electron chi connectivity index (χ0n) is 13.8. The topological polar surface area (TPSA) is 15.3 Å². The molecule has 3 unspecified atom stereocenters. The zero-order valence-corrected chi connectivity index (χ0v) is 13.8. The second kappa shape index (κ2) is 6.50. The van der Waals surface area contributed by atoms with Crippen molar-refractivity contribution in [3.63, 3.8) is 0 Å². The monoisotopic (exact) mass is 286 g/mol. The number of hydrogen-bond acceptors (Lipinski definition) is 2.